The van der Waals surface area contributed by atoms with E-state index in [4.69, 9.17) is 9.15 Å². The smallest absolute Gasteiger partial charge is 0.200 e. The number of H-pyrrole nitrogens is 1. The van der Waals surface area contributed by atoms with E-state index in [1.54, 1.807) is 30.9 Å². The molecule has 4 rings (SSSR count). The summed E-state index contributed by atoms with van der Waals surface area (Å²) in [7, 11) is 0. The van der Waals surface area contributed by atoms with Gasteiger partial charge in [-0.2, -0.15) is 0 Å². The maximum absolute atomic E-state index is 12.4. The van der Waals surface area contributed by atoms with Crippen molar-refractivity contribution in [2.24, 2.45) is 0 Å². The van der Waals surface area contributed by atoms with Gasteiger partial charge in [0.25, 0.3) is 0 Å². The Hall–Kier alpha value is -3.34. The molecule has 2 heterocycles. The van der Waals surface area contributed by atoms with Gasteiger partial charge in [-0.25, -0.2) is 4.98 Å². The topological polar surface area (TPSA) is 68.1 Å². The SMILES string of the molecule is O=C(COc1ccccc1-c1cnc[nH]1)c1ccc2occc2c1. The largest absolute Gasteiger partial charge is 0.485 e. The predicted molar refractivity (Wildman–Crippen MR) is 90.1 cm³/mol. The van der Waals surface area contributed by atoms with Crippen LogP contribution in [0.1, 0.15) is 10.4 Å². The van der Waals surface area contributed by atoms with E-state index < -0.39 is 0 Å². The second kappa shape index (κ2) is 6.04. The number of ether oxygens (including phenoxy) is 1. The van der Waals surface area contributed by atoms with Crippen molar-refractivity contribution in [1.29, 1.82) is 0 Å². The number of Topliss-reactive ketones (excluding diaryl/α,β-unsaturated/α-hetero) is 1. The summed E-state index contributed by atoms with van der Waals surface area (Å²) in [5, 5.41) is 0.902. The number of nitrogens with zero attached hydrogens (tertiary/aromatic N) is 1. The molecule has 0 fully saturated rings. The number of ketones is 1. The number of fused-ring (bicyclic) bond motifs is 1. The van der Waals surface area contributed by atoms with Crippen LogP contribution in [0.4, 0.5) is 0 Å². The van der Waals surface area contributed by atoms with Crippen LogP contribution >= 0.6 is 0 Å². The van der Waals surface area contributed by atoms with Crippen molar-refractivity contribution in [2.75, 3.05) is 6.61 Å². The van der Waals surface area contributed by atoms with Gasteiger partial charge in [0, 0.05) is 16.5 Å². The minimum absolute atomic E-state index is 0.0332. The van der Waals surface area contributed by atoms with Gasteiger partial charge < -0.3 is 14.1 Å². The molecule has 0 radical (unpaired) electrons. The molecule has 0 atom stereocenters. The van der Waals surface area contributed by atoms with Gasteiger partial charge in [-0.1, -0.05) is 12.1 Å². The highest BCUT2D eigenvalue weighted by atomic mass is 16.5. The number of rotatable bonds is 5. The lowest BCUT2D eigenvalue weighted by Gasteiger charge is -2.10. The van der Waals surface area contributed by atoms with Crippen molar-refractivity contribution < 1.29 is 13.9 Å². The summed E-state index contributed by atoms with van der Waals surface area (Å²) in [6.45, 7) is -0.0332. The molecule has 0 aliphatic rings. The predicted octanol–water partition coefficient (Wildman–Crippen LogP) is 4.08. The van der Waals surface area contributed by atoms with E-state index >= 15 is 0 Å². The standard InChI is InChI=1S/C19H14N2O3/c22-17(13-5-6-18-14(9-13)7-8-23-18)11-24-19-4-2-1-3-15(19)16-10-20-12-21-16/h1-10,12H,11H2,(H,20,21). The van der Waals surface area contributed by atoms with E-state index in [1.165, 1.54) is 0 Å². The molecule has 0 aliphatic carbocycles. The Labute approximate surface area is 137 Å². The van der Waals surface area contributed by atoms with E-state index in [0.717, 1.165) is 22.2 Å². The highest BCUT2D eigenvalue weighted by Gasteiger charge is 2.11. The second-order valence-corrected chi connectivity index (χ2v) is 5.35. The normalized spacial score (nSPS) is 10.8. The van der Waals surface area contributed by atoms with Crippen LogP contribution in [-0.2, 0) is 0 Å². The zero-order valence-corrected chi connectivity index (χ0v) is 12.7. The fourth-order valence-electron chi connectivity index (χ4n) is 2.58. The van der Waals surface area contributed by atoms with Gasteiger partial charge in [0.1, 0.15) is 11.3 Å². The van der Waals surface area contributed by atoms with Crippen LogP contribution in [-0.4, -0.2) is 22.4 Å². The third-order valence-corrected chi connectivity index (χ3v) is 3.81. The fraction of sp³-hybridized carbons (Fsp3) is 0.0526. The summed E-state index contributed by atoms with van der Waals surface area (Å²) >= 11 is 0. The van der Waals surface area contributed by atoms with Crippen LogP contribution in [0.25, 0.3) is 22.2 Å². The molecule has 0 bridgehead atoms. The van der Waals surface area contributed by atoms with Crippen molar-refractivity contribution in [3.63, 3.8) is 0 Å². The maximum atomic E-state index is 12.4. The average molecular weight is 318 g/mol. The van der Waals surface area contributed by atoms with Crippen molar-refractivity contribution >= 4 is 16.8 Å². The quantitative estimate of drug-likeness (QED) is 0.563. The first kappa shape index (κ1) is 14.3. The number of nitrogens with one attached hydrogen (secondary N) is 1. The Morgan fingerprint density at radius 2 is 2.08 bits per heavy atom. The monoisotopic (exact) mass is 318 g/mol. The molecule has 5 heteroatoms. The zero-order valence-electron chi connectivity index (χ0n) is 12.7. The molecule has 1 N–H and O–H groups in total. The van der Waals surface area contributed by atoms with Crippen LogP contribution in [0.3, 0.4) is 0 Å². The molecule has 0 saturated heterocycles. The highest BCUT2D eigenvalue weighted by molar-refractivity contribution is 6.00. The maximum Gasteiger partial charge on any atom is 0.200 e. The van der Waals surface area contributed by atoms with Crippen LogP contribution in [0.5, 0.6) is 5.75 Å². The molecule has 2 aromatic carbocycles. The Kier molecular flexibility index (Phi) is 3.59. The van der Waals surface area contributed by atoms with Gasteiger partial charge in [-0.15, -0.1) is 0 Å². The summed E-state index contributed by atoms with van der Waals surface area (Å²) in [5.74, 6) is 0.553. The zero-order chi connectivity index (χ0) is 16.4. The Morgan fingerprint density at radius 3 is 2.96 bits per heavy atom. The summed E-state index contributed by atoms with van der Waals surface area (Å²) < 4.78 is 11.0. The Morgan fingerprint density at radius 1 is 1.17 bits per heavy atom. The van der Waals surface area contributed by atoms with Crippen molar-refractivity contribution in [3.8, 4) is 17.0 Å². The molecule has 4 aromatic rings. The van der Waals surface area contributed by atoms with Crippen LogP contribution < -0.4 is 4.74 Å². The lowest BCUT2D eigenvalue weighted by atomic mass is 10.1. The summed E-state index contributed by atoms with van der Waals surface area (Å²) in [5.41, 5.74) is 3.07. The van der Waals surface area contributed by atoms with Crippen LogP contribution in [0.15, 0.2) is 71.7 Å². The number of aromatic amines is 1. The molecule has 0 saturated carbocycles. The third-order valence-electron chi connectivity index (χ3n) is 3.81. The van der Waals surface area contributed by atoms with E-state index in [0.29, 0.717) is 11.3 Å². The first-order valence-electron chi connectivity index (χ1n) is 7.52. The van der Waals surface area contributed by atoms with E-state index in [1.807, 2.05) is 36.4 Å². The molecular formula is C19H14N2O3. The number of benzene rings is 2. The average Bonchev–Trinajstić information content (AvgIpc) is 3.30. The van der Waals surface area contributed by atoms with Gasteiger partial charge in [-0.3, -0.25) is 4.79 Å². The number of hydrogen-bond acceptors (Lipinski definition) is 4. The minimum atomic E-state index is -0.0856. The van der Waals surface area contributed by atoms with Crippen molar-refractivity contribution in [1.82, 2.24) is 9.97 Å². The first-order valence-corrected chi connectivity index (χ1v) is 7.52. The van der Waals surface area contributed by atoms with Gasteiger partial charge >= 0.3 is 0 Å². The number of para-hydroxylation sites is 1. The summed E-state index contributed by atoms with van der Waals surface area (Å²) in [6, 6.07) is 14.7. The number of aromatic nitrogens is 2. The Bertz CT molecular complexity index is 987. The third kappa shape index (κ3) is 2.67. The number of hydrogen-bond donors (Lipinski definition) is 1. The Balaban J connectivity index is 1.53. The number of carbonyl (C=O) groups is 1. The van der Waals surface area contributed by atoms with Gasteiger partial charge in [0.15, 0.2) is 12.4 Å². The summed E-state index contributed by atoms with van der Waals surface area (Å²) in [6.07, 6.45) is 4.93. The molecule has 2 aromatic heterocycles. The summed E-state index contributed by atoms with van der Waals surface area (Å²) in [4.78, 5) is 19.5. The number of furan rings is 1. The molecule has 5 nitrogen and oxygen atoms in total. The lowest BCUT2D eigenvalue weighted by molar-refractivity contribution is 0.0922. The number of carbonyl (C=O) groups excluding carboxylic acids is 1. The van der Waals surface area contributed by atoms with Gasteiger partial charge in [0.2, 0.25) is 0 Å². The van der Waals surface area contributed by atoms with Gasteiger partial charge in [-0.05, 0) is 36.4 Å². The van der Waals surface area contributed by atoms with Crippen LogP contribution in [0.2, 0.25) is 0 Å². The van der Waals surface area contributed by atoms with E-state index in [2.05, 4.69) is 9.97 Å². The lowest BCUT2D eigenvalue weighted by Crippen LogP contribution is -2.11. The minimum Gasteiger partial charge on any atom is -0.485 e. The molecule has 0 unspecified atom stereocenters. The van der Waals surface area contributed by atoms with E-state index in [9.17, 15) is 4.79 Å². The van der Waals surface area contributed by atoms with Crippen LogP contribution in [0, 0.1) is 0 Å². The second-order valence-electron chi connectivity index (χ2n) is 5.35. The van der Waals surface area contributed by atoms with Crippen molar-refractivity contribution in [3.05, 3.63) is 72.9 Å². The molecule has 0 spiro atoms. The highest BCUT2D eigenvalue weighted by Crippen LogP contribution is 2.28. The van der Waals surface area contributed by atoms with E-state index in [-0.39, 0.29) is 12.4 Å². The number of imidazole rings is 1. The molecule has 118 valence electrons. The first-order chi connectivity index (χ1) is 11.8. The fourth-order valence-corrected chi connectivity index (χ4v) is 2.58. The molecule has 0 amide bonds. The van der Waals surface area contributed by atoms with Crippen molar-refractivity contribution in [2.45, 2.75) is 0 Å². The molecular weight excluding hydrogens is 304 g/mol. The molecule has 24 heavy (non-hydrogen) atoms. The molecule has 0 aliphatic heterocycles. The van der Waals surface area contributed by atoms with Gasteiger partial charge in [0.05, 0.1) is 24.5 Å².